The largest absolute Gasteiger partial charge is 0.372 e. The van der Waals surface area contributed by atoms with Gasteiger partial charge in [-0.05, 0) is 29.7 Å². The van der Waals surface area contributed by atoms with Crippen LogP contribution in [0.4, 0.5) is 5.69 Å². The molecule has 1 aromatic carbocycles. The van der Waals surface area contributed by atoms with Crippen LogP contribution in [0.2, 0.25) is 0 Å². The zero-order chi connectivity index (χ0) is 15.6. The predicted octanol–water partition coefficient (Wildman–Crippen LogP) is 2.55. The molecule has 1 atom stereocenters. The van der Waals surface area contributed by atoms with Crippen LogP contribution in [0.3, 0.4) is 0 Å². The van der Waals surface area contributed by atoms with E-state index in [0.717, 1.165) is 35.7 Å². The molecule has 0 spiro atoms. The lowest BCUT2D eigenvalue weighted by atomic mass is 9.95. The van der Waals surface area contributed by atoms with Crippen molar-refractivity contribution in [3.63, 3.8) is 0 Å². The Morgan fingerprint density at radius 3 is 3.00 bits per heavy atom. The predicted molar refractivity (Wildman–Crippen MR) is 89.8 cm³/mol. The molecule has 0 aromatic heterocycles. The summed E-state index contributed by atoms with van der Waals surface area (Å²) in [6.45, 7) is 0.737. The van der Waals surface area contributed by atoms with Crippen molar-refractivity contribution in [1.29, 1.82) is 0 Å². The zero-order valence-electron chi connectivity index (χ0n) is 12.9. The second-order valence-electron chi connectivity index (χ2n) is 6.28. The highest BCUT2D eigenvalue weighted by Crippen LogP contribution is 2.42. The van der Waals surface area contributed by atoms with Gasteiger partial charge in [-0.2, -0.15) is 0 Å². The van der Waals surface area contributed by atoms with Crippen molar-refractivity contribution in [2.75, 3.05) is 18.5 Å². The molecule has 1 N–H and O–H groups in total. The van der Waals surface area contributed by atoms with Gasteiger partial charge in [-0.3, -0.25) is 9.69 Å². The van der Waals surface area contributed by atoms with Gasteiger partial charge < -0.3 is 10.2 Å². The number of anilines is 1. The molecule has 0 bridgehead atoms. The monoisotopic (exact) mass is 303 g/mol. The molecular weight excluding hydrogens is 286 g/mol. The average molecular weight is 303 g/mol. The van der Waals surface area contributed by atoms with Gasteiger partial charge in [-0.15, -0.1) is 0 Å². The first-order chi connectivity index (χ1) is 11.3. The molecule has 4 nitrogen and oxygen atoms in total. The van der Waals surface area contributed by atoms with E-state index in [4.69, 9.17) is 0 Å². The number of hydrogen-bond donors (Lipinski definition) is 1. The van der Waals surface area contributed by atoms with Gasteiger partial charge >= 0.3 is 0 Å². The van der Waals surface area contributed by atoms with Crippen LogP contribution in [0, 0.1) is 0 Å². The Morgan fingerprint density at radius 2 is 2.09 bits per heavy atom. The SMILES string of the molecule is CN1C2=C3NC4C=CC=CC4=C3CCN2C(=O)c2ccccc21. The van der Waals surface area contributed by atoms with Gasteiger partial charge in [0.05, 0.1) is 23.0 Å². The quantitative estimate of drug-likeness (QED) is 0.800. The Morgan fingerprint density at radius 1 is 1.22 bits per heavy atom. The Kier molecular flexibility index (Phi) is 2.43. The van der Waals surface area contributed by atoms with E-state index in [2.05, 4.69) is 34.5 Å². The van der Waals surface area contributed by atoms with Crippen molar-refractivity contribution in [2.24, 2.45) is 0 Å². The minimum Gasteiger partial charge on any atom is -0.372 e. The van der Waals surface area contributed by atoms with Crippen molar-refractivity contribution in [3.05, 3.63) is 76.8 Å². The summed E-state index contributed by atoms with van der Waals surface area (Å²) in [6, 6.07) is 8.08. The van der Waals surface area contributed by atoms with Crippen molar-refractivity contribution in [3.8, 4) is 0 Å². The van der Waals surface area contributed by atoms with Crippen LogP contribution in [0.25, 0.3) is 0 Å². The van der Waals surface area contributed by atoms with Crippen LogP contribution in [-0.4, -0.2) is 30.4 Å². The summed E-state index contributed by atoms with van der Waals surface area (Å²) in [5, 5.41) is 3.61. The third-order valence-electron chi connectivity index (χ3n) is 5.10. The summed E-state index contributed by atoms with van der Waals surface area (Å²) in [6.07, 6.45) is 9.43. The van der Waals surface area contributed by atoms with E-state index in [-0.39, 0.29) is 11.9 Å². The van der Waals surface area contributed by atoms with Gasteiger partial charge in [0.1, 0.15) is 5.82 Å². The summed E-state index contributed by atoms with van der Waals surface area (Å²) in [7, 11) is 2.05. The number of allylic oxidation sites excluding steroid dienone is 3. The van der Waals surface area contributed by atoms with E-state index < -0.39 is 0 Å². The van der Waals surface area contributed by atoms with E-state index in [1.807, 2.05) is 36.2 Å². The normalized spacial score (nSPS) is 24.4. The van der Waals surface area contributed by atoms with Crippen molar-refractivity contribution in [2.45, 2.75) is 12.5 Å². The molecule has 4 aliphatic rings. The molecule has 3 heterocycles. The maximum Gasteiger partial charge on any atom is 0.261 e. The van der Waals surface area contributed by atoms with E-state index in [0.29, 0.717) is 0 Å². The van der Waals surface area contributed by atoms with Crippen LogP contribution in [0.15, 0.2) is 71.2 Å². The van der Waals surface area contributed by atoms with Gasteiger partial charge in [-0.25, -0.2) is 0 Å². The highest BCUT2D eigenvalue weighted by molar-refractivity contribution is 6.04. The van der Waals surface area contributed by atoms with Crippen molar-refractivity contribution >= 4 is 11.6 Å². The standard InChI is InChI=1S/C19H17N3O/c1-21-16-9-5-3-7-14(16)19(23)22-11-10-13-12-6-2-4-8-15(12)20-17(13)18(21)22/h2-9,15,20H,10-11H2,1H3. The summed E-state index contributed by atoms with van der Waals surface area (Å²) < 4.78 is 0. The molecule has 1 aliphatic carbocycles. The molecule has 114 valence electrons. The van der Waals surface area contributed by atoms with Crippen LogP contribution in [-0.2, 0) is 0 Å². The lowest BCUT2D eigenvalue weighted by Crippen LogP contribution is -2.47. The van der Waals surface area contributed by atoms with Gasteiger partial charge in [0.25, 0.3) is 5.91 Å². The maximum absolute atomic E-state index is 12.9. The molecule has 0 radical (unpaired) electrons. The van der Waals surface area contributed by atoms with Crippen LogP contribution >= 0.6 is 0 Å². The molecule has 1 amide bonds. The fourth-order valence-electron chi connectivity index (χ4n) is 4.03. The lowest BCUT2D eigenvalue weighted by molar-refractivity contribution is 0.0787. The first-order valence-corrected chi connectivity index (χ1v) is 7.99. The van der Waals surface area contributed by atoms with E-state index in [1.165, 1.54) is 11.1 Å². The number of carbonyl (C=O) groups is 1. The minimum absolute atomic E-state index is 0.105. The molecular formula is C19H17N3O. The minimum atomic E-state index is 0.105. The summed E-state index contributed by atoms with van der Waals surface area (Å²) >= 11 is 0. The first-order valence-electron chi connectivity index (χ1n) is 7.99. The molecule has 0 fully saturated rings. The molecule has 1 unspecified atom stereocenters. The fourth-order valence-corrected chi connectivity index (χ4v) is 4.03. The van der Waals surface area contributed by atoms with Crippen LogP contribution in [0.1, 0.15) is 16.8 Å². The summed E-state index contributed by atoms with van der Waals surface area (Å²) in [4.78, 5) is 17.0. The summed E-state index contributed by atoms with van der Waals surface area (Å²) in [5.74, 6) is 1.09. The molecule has 1 aromatic rings. The Bertz CT molecular complexity index is 859. The zero-order valence-corrected chi connectivity index (χ0v) is 12.9. The summed E-state index contributed by atoms with van der Waals surface area (Å²) in [5.41, 5.74) is 5.56. The number of carbonyl (C=O) groups excluding carboxylic acids is 1. The number of amides is 1. The molecule has 5 rings (SSSR count). The first kappa shape index (κ1) is 12.8. The van der Waals surface area contributed by atoms with E-state index in [1.54, 1.807) is 0 Å². The van der Waals surface area contributed by atoms with Gasteiger partial charge in [0.15, 0.2) is 0 Å². The Hall–Kier alpha value is -2.75. The average Bonchev–Trinajstić information content (AvgIpc) is 2.98. The number of fused-ring (bicyclic) bond motifs is 4. The fraction of sp³-hybridized carbons (Fsp3) is 0.211. The van der Waals surface area contributed by atoms with E-state index >= 15 is 0 Å². The van der Waals surface area contributed by atoms with Crippen molar-refractivity contribution < 1.29 is 4.79 Å². The number of nitrogens with one attached hydrogen (secondary N) is 1. The van der Waals surface area contributed by atoms with Crippen molar-refractivity contribution in [1.82, 2.24) is 10.2 Å². The second-order valence-corrected chi connectivity index (χ2v) is 6.28. The Labute approximate surface area is 135 Å². The highest BCUT2D eigenvalue weighted by atomic mass is 16.2. The Balaban J connectivity index is 1.73. The molecule has 23 heavy (non-hydrogen) atoms. The number of hydrogen-bond acceptors (Lipinski definition) is 3. The van der Waals surface area contributed by atoms with Gasteiger partial charge in [0.2, 0.25) is 0 Å². The number of nitrogens with zero attached hydrogens (tertiary/aromatic N) is 2. The smallest absolute Gasteiger partial charge is 0.261 e. The lowest BCUT2D eigenvalue weighted by Gasteiger charge is -2.42. The van der Waals surface area contributed by atoms with Crippen LogP contribution < -0.4 is 10.2 Å². The molecule has 0 saturated heterocycles. The number of rotatable bonds is 0. The number of benzene rings is 1. The topological polar surface area (TPSA) is 35.6 Å². The molecule has 0 saturated carbocycles. The van der Waals surface area contributed by atoms with Gasteiger partial charge in [-0.1, -0.05) is 36.4 Å². The number of para-hydroxylation sites is 1. The third kappa shape index (κ3) is 1.58. The molecule has 3 aliphatic heterocycles. The van der Waals surface area contributed by atoms with Gasteiger partial charge in [0, 0.05) is 13.6 Å². The molecule has 4 heteroatoms. The van der Waals surface area contributed by atoms with Crippen LogP contribution in [0.5, 0.6) is 0 Å². The highest BCUT2D eigenvalue weighted by Gasteiger charge is 2.41. The third-order valence-corrected chi connectivity index (χ3v) is 5.10. The van der Waals surface area contributed by atoms with E-state index in [9.17, 15) is 4.79 Å². The second kappa shape index (κ2) is 4.38. The maximum atomic E-state index is 12.9.